The van der Waals surface area contributed by atoms with Crippen molar-refractivity contribution in [2.75, 3.05) is 0 Å². The van der Waals surface area contributed by atoms with E-state index in [1.54, 1.807) is 24.4 Å². The quantitative estimate of drug-likeness (QED) is 0.596. The average molecular weight is 226 g/mol. The van der Waals surface area contributed by atoms with E-state index in [1.165, 1.54) is 12.1 Å². The number of hydrogen-bond donors (Lipinski definition) is 0. The van der Waals surface area contributed by atoms with Gasteiger partial charge in [-0.1, -0.05) is 24.8 Å². The summed E-state index contributed by atoms with van der Waals surface area (Å²) in [5, 5.41) is 10.9. The lowest BCUT2D eigenvalue weighted by molar-refractivity contribution is -0.385. The zero-order valence-corrected chi connectivity index (χ0v) is 9.04. The molecular formula is C13H10N2O2. The molecule has 4 heteroatoms. The molecule has 1 aromatic heterocycles. The molecule has 0 saturated carbocycles. The van der Waals surface area contributed by atoms with Gasteiger partial charge in [0.15, 0.2) is 0 Å². The van der Waals surface area contributed by atoms with Crippen molar-refractivity contribution in [3.8, 4) is 11.3 Å². The van der Waals surface area contributed by atoms with E-state index in [9.17, 15) is 10.1 Å². The highest BCUT2D eigenvalue weighted by Gasteiger charge is 2.13. The van der Waals surface area contributed by atoms with Crippen molar-refractivity contribution in [1.82, 2.24) is 4.98 Å². The van der Waals surface area contributed by atoms with Crippen molar-refractivity contribution in [3.05, 3.63) is 64.9 Å². The molecule has 0 aliphatic carbocycles. The lowest BCUT2D eigenvalue weighted by Crippen LogP contribution is -1.92. The summed E-state index contributed by atoms with van der Waals surface area (Å²) in [5.41, 5.74) is 1.99. The van der Waals surface area contributed by atoms with Crippen LogP contribution in [0.3, 0.4) is 0 Å². The Hall–Kier alpha value is -2.49. The second-order valence-corrected chi connectivity index (χ2v) is 3.45. The number of aromatic nitrogens is 1. The molecule has 0 atom stereocenters. The van der Waals surface area contributed by atoms with Crippen molar-refractivity contribution in [3.63, 3.8) is 0 Å². The van der Waals surface area contributed by atoms with Crippen LogP contribution < -0.4 is 0 Å². The fraction of sp³-hybridized carbons (Fsp3) is 0. The van der Waals surface area contributed by atoms with Gasteiger partial charge in [0.25, 0.3) is 5.69 Å². The van der Waals surface area contributed by atoms with Crippen LogP contribution in [0.4, 0.5) is 5.69 Å². The van der Waals surface area contributed by atoms with Crippen molar-refractivity contribution < 1.29 is 4.92 Å². The zero-order chi connectivity index (χ0) is 12.3. The van der Waals surface area contributed by atoms with E-state index in [0.29, 0.717) is 11.3 Å². The first kappa shape index (κ1) is 11.0. The van der Waals surface area contributed by atoms with E-state index in [2.05, 4.69) is 11.6 Å². The minimum atomic E-state index is -0.413. The Balaban J connectivity index is 2.55. The summed E-state index contributed by atoms with van der Waals surface area (Å²) < 4.78 is 0. The van der Waals surface area contributed by atoms with Crippen molar-refractivity contribution >= 4 is 11.8 Å². The number of pyridine rings is 1. The Morgan fingerprint density at radius 3 is 2.71 bits per heavy atom. The summed E-state index contributed by atoms with van der Waals surface area (Å²) in [6.07, 6.45) is 3.13. The van der Waals surface area contributed by atoms with Gasteiger partial charge in [-0.15, -0.1) is 0 Å². The molecule has 84 valence electrons. The largest absolute Gasteiger partial charge is 0.277 e. The molecule has 2 aromatic rings. The zero-order valence-electron chi connectivity index (χ0n) is 9.04. The first-order chi connectivity index (χ1) is 8.22. The lowest BCUT2D eigenvalue weighted by atomic mass is 10.1. The van der Waals surface area contributed by atoms with Crippen LogP contribution in [0.5, 0.6) is 0 Å². The number of nitro groups is 1. The summed E-state index contributed by atoms with van der Waals surface area (Å²) in [6.45, 7) is 3.56. The minimum absolute atomic E-state index is 0.0446. The maximum absolute atomic E-state index is 10.9. The van der Waals surface area contributed by atoms with Gasteiger partial charge in [0.2, 0.25) is 0 Å². The molecule has 0 unspecified atom stereocenters. The molecule has 0 saturated heterocycles. The third kappa shape index (κ3) is 2.20. The number of hydrogen-bond acceptors (Lipinski definition) is 3. The summed E-state index contributed by atoms with van der Waals surface area (Å²) in [4.78, 5) is 14.6. The molecule has 1 aromatic carbocycles. The van der Waals surface area contributed by atoms with Crippen LogP contribution in [-0.2, 0) is 0 Å². The molecular weight excluding hydrogens is 216 g/mol. The minimum Gasteiger partial charge on any atom is -0.258 e. The van der Waals surface area contributed by atoms with Gasteiger partial charge in [-0.05, 0) is 18.2 Å². The van der Waals surface area contributed by atoms with Crippen molar-refractivity contribution in [1.29, 1.82) is 0 Å². The Labute approximate surface area is 98.4 Å². The topological polar surface area (TPSA) is 56.0 Å². The van der Waals surface area contributed by atoms with Crippen molar-refractivity contribution in [2.24, 2.45) is 0 Å². The summed E-state index contributed by atoms with van der Waals surface area (Å²) in [5.74, 6) is 0. The second kappa shape index (κ2) is 4.57. The average Bonchev–Trinajstić information content (AvgIpc) is 2.39. The summed E-state index contributed by atoms with van der Waals surface area (Å²) >= 11 is 0. The standard InChI is InChI=1S/C13H10N2O2/c1-2-10-6-7-11(9-13(10)15(16)17)12-5-3-4-8-14-12/h2-9H,1H2. The normalized spacial score (nSPS) is 9.88. The van der Waals surface area contributed by atoms with Crippen LogP contribution in [0.1, 0.15) is 5.56 Å². The van der Waals surface area contributed by atoms with Gasteiger partial charge in [0, 0.05) is 17.8 Å². The molecule has 0 aliphatic rings. The smallest absolute Gasteiger partial charge is 0.258 e. The van der Waals surface area contributed by atoms with Crippen LogP contribution in [0.25, 0.3) is 17.3 Å². The third-order valence-corrected chi connectivity index (χ3v) is 2.41. The Kier molecular flexibility index (Phi) is 2.96. The first-order valence-electron chi connectivity index (χ1n) is 5.04. The maximum Gasteiger partial charge on any atom is 0.277 e. The fourth-order valence-corrected chi connectivity index (χ4v) is 1.57. The van der Waals surface area contributed by atoms with E-state index >= 15 is 0 Å². The van der Waals surface area contributed by atoms with Crippen LogP contribution in [0, 0.1) is 10.1 Å². The molecule has 2 rings (SSSR count). The first-order valence-corrected chi connectivity index (χ1v) is 5.04. The molecule has 1 heterocycles. The predicted molar refractivity (Wildman–Crippen MR) is 66.4 cm³/mol. The number of benzene rings is 1. The van der Waals surface area contributed by atoms with Crippen LogP contribution >= 0.6 is 0 Å². The van der Waals surface area contributed by atoms with Crippen LogP contribution in [-0.4, -0.2) is 9.91 Å². The van der Waals surface area contributed by atoms with E-state index in [4.69, 9.17) is 0 Å². The van der Waals surface area contributed by atoms with Gasteiger partial charge in [0.05, 0.1) is 16.2 Å². The highest BCUT2D eigenvalue weighted by atomic mass is 16.6. The predicted octanol–water partition coefficient (Wildman–Crippen LogP) is 3.30. The van der Waals surface area contributed by atoms with Gasteiger partial charge < -0.3 is 0 Å². The lowest BCUT2D eigenvalue weighted by Gasteiger charge is -2.02. The molecule has 0 aliphatic heterocycles. The summed E-state index contributed by atoms with van der Waals surface area (Å²) in [7, 11) is 0. The van der Waals surface area contributed by atoms with E-state index in [0.717, 1.165) is 5.56 Å². The molecule has 17 heavy (non-hydrogen) atoms. The monoisotopic (exact) mass is 226 g/mol. The molecule has 0 amide bonds. The maximum atomic E-state index is 10.9. The highest BCUT2D eigenvalue weighted by Crippen LogP contribution is 2.26. The fourth-order valence-electron chi connectivity index (χ4n) is 1.57. The van der Waals surface area contributed by atoms with Crippen LogP contribution in [0.15, 0.2) is 49.2 Å². The molecule has 0 radical (unpaired) electrons. The summed E-state index contributed by atoms with van der Waals surface area (Å²) in [6, 6.07) is 10.4. The van der Waals surface area contributed by atoms with E-state index in [-0.39, 0.29) is 5.69 Å². The van der Waals surface area contributed by atoms with Gasteiger partial charge in [-0.25, -0.2) is 0 Å². The molecule has 4 nitrogen and oxygen atoms in total. The Morgan fingerprint density at radius 2 is 2.12 bits per heavy atom. The number of rotatable bonds is 3. The molecule has 0 bridgehead atoms. The SMILES string of the molecule is C=Cc1ccc(-c2ccccn2)cc1[N+](=O)[O-]. The van der Waals surface area contributed by atoms with E-state index in [1.807, 2.05) is 12.1 Å². The second-order valence-electron chi connectivity index (χ2n) is 3.45. The van der Waals surface area contributed by atoms with Gasteiger partial charge >= 0.3 is 0 Å². The van der Waals surface area contributed by atoms with Crippen LogP contribution in [0.2, 0.25) is 0 Å². The Morgan fingerprint density at radius 1 is 1.29 bits per heavy atom. The number of nitro benzene ring substituents is 1. The molecule has 0 N–H and O–H groups in total. The van der Waals surface area contributed by atoms with Gasteiger partial charge in [-0.2, -0.15) is 0 Å². The molecule has 0 spiro atoms. The van der Waals surface area contributed by atoms with Gasteiger partial charge in [-0.3, -0.25) is 15.1 Å². The highest BCUT2D eigenvalue weighted by molar-refractivity contribution is 5.69. The van der Waals surface area contributed by atoms with Crippen molar-refractivity contribution in [2.45, 2.75) is 0 Å². The number of nitrogens with zero attached hydrogens (tertiary/aromatic N) is 2. The third-order valence-electron chi connectivity index (χ3n) is 2.41. The molecule has 0 fully saturated rings. The van der Waals surface area contributed by atoms with Gasteiger partial charge in [0.1, 0.15) is 0 Å². The van der Waals surface area contributed by atoms with E-state index < -0.39 is 4.92 Å². The Bertz CT molecular complexity index is 565.